The lowest BCUT2D eigenvalue weighted by Crippen LogP contribution is -2.39. The van der Waals surface area contributed by atoms with Gasteiger partial charge in [0.2, 0.25) is 5.91 Å². The van der Waals surface area contributed by atoms with E-state index in [9.17, 15) is 14.3 Å². The molecule has 2 unspecified atom stereocenters. The Labute approximate surface area is 134 Å². The summed E-state index contributed by atoms with van der Waals surface area (Å²) in [6, 6.07) is 5.75. The summed E-state index contributed by atoms with van der Waals surface area (Å²) in [5, 5.41) is 16.9. The molecule has 1 aromatic carbocycles. The van der Waals surface area contributed by atoms with Crippen LogP contribution in [0.2, 0.25) is 0 Å². The summed E-state index contributed by atoms with van der Waals surface area (Å²) < 4.78 is 13.2. The van der Waals surface area contributed by atoms with Crippen LogP contribution >= 0.6 is 0 Å². The minimum absolute atomic E-state index is 0.0262. The molecule has 0 saturated carbocycles. The average Bonchev–Trinajstić information content (AvgIpc) is 3.09. The van der Waals surface area contributed by atoms with E-state index in [4.69, 9.17) is 0 Å². The number of benzene rings is 1. The second-order valence-electron chi connectivity index (χ2n) is 5.99. The second kappa shape index (κ2) is 6.91. The number of nitrogens with zero attached hydrogens (tertiary/aromatic N) is 2. The number of carbonyl (C=O) groups is 1. The standard InChI is InChI=1S/C17H20FN3O2/c18-15-5-1-3-12(7-15)16(22)8-17(23)21-6-2-4-13(11-21)14-9-19-20-10-14/h1,3,5,7,9-10,13,16,22H,2,4,6,8,11H2,(H,19,20). The highest BCUT2D eigenvalue weighted by Gasteiger charge is 2.26. The van der Waals surface area contributed by atoms with Crippen LogP contribution in [0.15, 0.2) is 36.7 Å². The van der Waals surface area contributed by atoms with Crippen LogP contribution in [-0.4, -0.2) is 39.2 Å². The van der Waals surface area contributed by atoms with Gasteiger partial charge in [-0.2, -0.15) is 5.10 Å². The molecular weight excluding hydrogens is 297 g/mol. The number of likely N-dealkylation sites (tertiary alicyclic amines) is 1. The number of hydrogen-bond acceptors (Lipinski definition) is 3. The summed E-state index contributed by atoms with van der Waals surface area (Å²) in [4.78, 5) is 14.2. The van der Waals surface area contributed by atoms with Gasteiger partial charge in [-0.1, -0.05) is 12.1 Å². The number of rotatable bonds is 4. The molecule has 6 heteroatoms. The first kappa shape index (κ1) is 15.7. The van der Waals surface area contributed by atoms with Crippen molar-refractivity contribution in [3.8, 4) is 0 Å². The fraction of sp³-hybridized carbons (Fsp3) is 0.412. The van der Waals surface area contributed by atoms with Gasteiger partial charge in [0, 0.05) is 25.2 Å². The molecule has 1 fully saturated rings. The predicted octanol–water partition coefficient (Wildman–Crippen LogP) is 2.38. The van der Waals surface area contributed by atoms with Gasteiger partial charge in [-0.15, -0.1) is 0 Å². The fourth-order valence-electron chi connectivity index (χ4n) is 3.09. The highest BCUT2D eigenvalue weighted by Crippen LogP contribution is 2.27. The Hall–Kier alpha value is -2.21. The molecule has 3 rings (SSSR count). The van der Waals surface area contributed by atoms with Gasteiger partial charge in [-0.3, -0.25) is 9.89 Å². The number of halogens is 1. The zero-order valence-corrected chi connectivity index (χ0v) is 12.8. The molecule has 0 spiro atoms. The van der Waals surface area contributed by atoms with Crippen molar-refractivity contribution in [2.45, 2.75) is 31.3 Å². The number of aromatic nitrogens is 2. The van der Waals surface area contributed by atoms with Crippen molar-refractivity contribution >= 4 is 5.91 Å². The van der Waals surface area contributed by atoms with E-state index < -0.39 is 11.9 Å². The molecule has 23 heavy (non-hydrogen) atoms. The first-order valence-electron chi connectivity index (χ1n) is 7.83. The molecular formula is C17H20FN3O2. The number of amides is 1. The summed E-state index contributed by atoms with van der Waals surface area (Å²) in [5.41, 5.74) is 1.54. The molecule has 2 N–H and O–H groups in total. The number of aliphatic hydroxyl groups excluding tert-OH is 1. The normalized spacial score (nSPS) is 19.6. The Morgan fingerprint density at radius 2 is 2.39 bits per heavy atom. The summed E-state index contributed by atoms with van der Waals surface area (Å²) in [6.45, 7) is 1.33. The third-order valence-electron chi connectivity index (χ3n) is 4.37. The number of aromatic amines is 1. The summed E-state index contributed by atoms with van der Waals surface area (Å²) in [7, 11) is 0. The van der Waals surface area contributed by atoms with Crippen LogP contribution in [0.1, 0.15) is 42.4 Å². The van der Waals surface area contributed by atoms with Gasteiger partial charge in [0.25, 0.3) is 0 Å². The smallest absolute Gasteiger partial charge is 0.225 e. The van der Waals surface area contributed by atoms with E-state index in [1.54, 1.807) is 17.2 Å². The van der Waals surface area contributed by atoms with E-state index in [1.807, 2.05) is 6.20 Å². The lowest BCUT2D eigenvalue weighted by atomic mass is 9.92. The molecule has 1 saturated heterocycles. The van der Waals surface area contributed by atoms with E-state index in [-0.39, 0.29) is 18.2 Å². The van der Waals surface area contributed by atoms with E-state index in [0.717, 1.165) is 18.4 Å². The van der Waals surface area contributed by atoms with Gasteiger partial charge in [0.05, 0.1) is 18.7 Å². The zero-order valence-electron chi connectivity index (χ0n) is 12.8. The first-order valence-corrected chi connectivity index (χ1v) is 7.83. The van der Waals surface area contributed by atoms with E-state index >= 15 is 0 Å². The minimum Gasteiger partial charge on any atom is -0.388 e. The minimum atomic E-state index is -0.979. The predicted molar refractivity (Wildman–Crippen MR) is 83.1 cm³/mol. The summed E-state index contributed by atoms with van der Waals surface area (Å²) in [5.74, 6) is -0.236. The Kier molecular flexibility index (Phi) is 4.71. The number of hydrogen-bond donors (Lipinski definition) is 2. The number of carbonyl (C=O) groups excluding carboxylic acids is 1. The van der Waals surface area contributed by atoms with Gasteiger partial charge in [0.1, 0.15) is 5.82 Å². The van der Waals surface area contributed by atoms with Crippen LogP contribution in [-0.2, 0) is 4.79 Å². The van der Waals surface area contributed by atoms with E-state index in [2.05, 4.69) is 10.2 Å². The van der Waals surface area contributed by atoms with Gasteiger partial charge in [-0.05, 0) is 36.1 Å². The number of piperidine rings is 1. The largest absolute Gasteiger partial charge is 0.388 e. The molecule has 0 bridgehead atoms. The second-order valence-corrected chi connectivity index (χ2v) is 5.99. The molecule has 1 amide bonds. The van der Waals surface area contributed by atoms with Gasteiger partial charge in [-0.25, -0.2) is 4.39 Å². The van der Waals surface area contributed by atoms with Gasteiger partial charge >= 0.3 is 0 Å². The maximum absolute atomic E-state index is 13.2. The highest BCUT2D eigenvalue weighted by molar-refractivity contribution is 5.77. The Bertz CT molecular complexity index is 660. The quantitative estimate of drug-likeness (QED) is 0.909. The van der Waals surface area contributed by atoms with Crippen molar-refractivity contribution in [3.63, 3.8) is 0 Å². The van der Waals surface area contributed by atoms with Crippen molar-refractivity contribution in [2.75, 3.05) is 13.1 Å². The van der Waals surface area contributed by atoms with Crippen molar-refractivity contribution < 1.29 is 14.3 Å². The van der Waals surface area contributed by atoms with Crippen LogP contribution in [0.25, 0.3) is 0 Å². The van der Waals surface area contributed by atoms with Crippen molar-refractivity contribution in [2.24, 2.45) is 0 Å². The van der Waals surface area contributed by atoms with Gasteiger partial charge in [0.15, 0.2) is 0 Å². The summed E-state index contributed by atoms with van der Waals surface area (Å²) >= 11 is 0. The van der Waals surface area contributed by atoms with Crippen molar-refractivity contribution in [1.82, 2.24) is 15.1 Å². The average molecular weight is 317 g/mol. The molecule has 2 heterocycles. The molecule has 0 aliphatic carbocycles. The number of aliphatic hydroxyl groups is 1. The van der Waals surface area contributed by atoms with Crippen LogP contribution < -0.4 is 0 Å². The molecule has 5 nitrogen and oxygen atoms in total. The highest BCUT2D eigenvalue weighted by atomic mass is 19.1. The molecule has 122 valence electrons. The fourth-order valence-corrected chi connectivity index (χ4v) is 3.09. The Morgan fingerprint density at radius 3 is 3.13 bits per heavy atom. The third kappa shape index (κ3) is 3.76. The summed E-state index contributed by atoms with van der Waals surface area (Å²) in [6.07, 6.45) is 4.60. The Morgan fingerprint density at radius 1 is 1.52 bits per heavy atom. The van der Waals surface area contributed by atoms with Crippen LogP contribution in [0.4, 0.5) is 4.39 Å². The van der Waals surface area contributed by atoms with Crippen LogP contribution in [0.3, 0.4) is 0 Å². The molecule has 1 aliphatic heterocycles. The lowest BCUT2D eigenvalue weighted by Gasteiger charge is -2.33. The SMILES string of the molecule is O=C(CC(O)c1cccc(F)c1)N1CCCC(c2cn[nH]c2)C1. The maximum atomic E-state index is 13.2. The van der Waals surface area contributed by atoms with E-state index in [1.165, 1.54) is 18.2 Å². The zero-order chi connectivity index (χ0) is 16.2. The molecule has 2 atom stereocenters. The van der Waals surface area contributed by atoms with Gasteiger partial charge < -0.3 is 10.0 Å². The molecule has 1 aliphatic rings. The molecule has 0 radical (unpaired) electrons. The van der Waals surface area contributed by atoms with E-state index in [0.29, 0.717) is 18.7 Å². The third-order valence-corrected chi connectivity index (χ3v) is 4.37. The first-order chi connectivity index (χ1) is 11.1. The number of H-pyrrole nitrogens is 1. The van der Waals surface area contributed by atoms with Crippen molar-refractivity contribution in [1.29, 1.82) is 0 Å². The monoisotopic (exact) mass is 317 g/mol. The topological polar surface area (TPSA) is 69.2 Å². The van der Waals surface area contributed by atoms with Crippen LogP contribution in [0, 0.1) is 5.82 Å². The van der Waals surface area contributed by atoms with Crippen LogP contribution in [0.5, 0.6) is 0 Å². The molecule has 1 aromatic heterocycles. The maximum Gasteiger partial charge on any atom is 0.225 e. The lowest BCUT2D eigenvalue weighted by molar-refractivity contribution is -0.134. The Balaban J connectivity index is 1.61. The number of nitrogens with one attached hydrogen (secondary N) is 1. The van der Waals surface area contributed by atoms with Crippen molar-refractivity contribution in [3.05, 3.63) is 53.6 Å². The molecule has 2 aromatic rings.